The number of hydrogen-bond acceptors (Lipinski definition) is 2. The van der Waals surface area contributed by atoms with E-state index < -0.39 is 0 Å². The van der Waals surface area contributed by atoms with Crippen molar-refractivity contribution in [1.29, 1.82) is 0 Å². The van der Waals surface area contributed by atoms with Crippen molar-refractivity contribution in [3.63, 3.8) is 0 Å². The molecule has 0 saturated heterocycles. The van der Waals surface area contributed by atoms with Crippen molar-refractivity contribution < 1.29 is 0 Å². The number of benzene rings is 1. The molecule has 0 heterocycles. The van der Waals surface area contributed by atoms with E-state index in [1.54, 1.807) is 0 Å². The molecule has 16 heavy (non-hydrogen) atoms. The third-order valence-electron chi connectivity index (χ3n) is 3.51. The van der Waals surface area contributed by atoms with Crippen LogP contribution in [0, 0.1) is 5.92 Å². The van der Waals surface area contributed by atoms with Crippen molar-refractivity contribution >= 4 is 5.69 Å². The lowest BCUT2D eigenvalue weighted by Crippen LogP contribution is -2.17. The first-order valence-corrected chi connectivity index (χ1v) is 6.41. The Bertz CT molecular complexity index is 299. The van der Waals surface area contributed by atoms with Crippen LogP contribution >= 0.6 is 0 Å². The highest BCUT2D eigenvalue weighted by molar-refractivity contribution is 5.44. The van der Waals surface area contributed by atoms with E-state index in [-0.39, 0.29) is 0 Å². The van der Waals surface area contributed by atoms with Crippen LogP contribution in [-0.4, -0.2) is 6.54 Å². The summed E-state index contributed by atoms with van der Waals surface area (Å²) in [5, 5.41) is 3.52. The van der Waals surface area contributed by atoms with Gasteiger partial charge in [-0.1, -0.05) is 31.4 Å². The highest BCUT2D eigenvalue weighted by atomic mass is 14.9. The predicted molar refractivity (Wildman–Crippen MR) is 69.4 cm³/mol. The molecule has 0 aliphatic heterocycles. The minimum absolute atomic E-state index is 0.628. The van der Waals surface area contributed by atoms with Crippen LogP contribution in [0.4, 0.5) is 5.69 Å². The molecular weight excluding hydrogens is 196 g/mol. The molecule has 0 bridgehead atoms. The Morgan fingerprint density at radius 3 is 2.38 bits per heavy atom. The standard InChI is InChI=1S/C14H22N2/c15-10-12-6-8-14(9-7-12)16-11-13-4-2-1-3-5-13/h6-9,13,16H,1-5,10-11,15H2. The molecular formula is C14H22N2. The number of anilines is 1. The van der Waals surface area contributed by atoms with Gasteiger partial charge in [0.05, 0.1) is 0 Å². The Labute approximate surface area is 98.2 Å². The normalized spacial score (nSPS) is 17.3. The van der Waals surface area contributed by atoms with Crippen LogP contribution in [0.5, 0.6) is 0 Å². The molecule has 0 aromatic heterocycles. The van der Waals surface area contributed by atoms with Crippen molar-refractivity contribution in [3.05, 3.63) is 29.8 Å². The Morgan fingerprint density at radius 1 is 1.06 bits per heavy atom. The molecule has 0 amide bonds. The van der Waals surface area contributed by atoms with Gasteiger partial charge in [0.25, 0.3) is 0 Å². The lowest BCUT2D eigenvalue weighted by atomic mass is 9.89. The Kier molecular flexibility index (Phi) is 4.23. The molecule has 0 radical (unpaired) electrons. The van der Waals surface area contributed by atoms with E-state index in [1.807, 2.05) is 0 Å². The molecule has 1 fully saturated rings. The van der Waals surface area contributed by atoms with E-state index in [0.717, 1.165) is 12.5 Å². The third kappa shape index (κ3) is 3.24. The van der Waals surface area contributed by atoms with Gasteiger partial charge in [0.2, 0.25) is 0 Å². The Morgan fingerprint density at radius 2 is 1.75 bits per heavy atom. The zero-order valence-electron chi connectivity index (χ0n) is 9.91. The quantitative estimate of drug-likeness (QED) is 0.814. The molecule has 1 aromatic carbocycles. The van der Waals surface area contributed by atoms with Crippen LogP contribution in [0.2, 0.25) is 0 Å². The average molecular weight is 218 g/mol. The fraction of sp³-hybridized carbons (Fsp3) is 0.571. The second-order valence-corrected chi connectivity index (χ2v) is 4.79. The minimum atomic E-state index is 0.628. The van der Waals surface area contributed by atoms with Gasteiger partial charge < -0.3 is 11.1 Å². The third-order valence-corrected chi connectivity index (χ3v) is 3.51. The molecule has 0 spiro atoms. The van der Waals surface area contributed by atoms with E-state index in [9.17, 15) is 0 Å². The van der Waals surface area contributed by atoms with Gasteiger partial charge in [-0.15, -0.1) is 0 Å². The maximum absolute atomic E-state index is 5.57. The van der Waals surface area contributed by atoms with E-state index >= 15 is 0 Å². The summed E-state index contributed by atoms with van der Waals surface area (Å²) in [6.07, 6.45) is 7.06. The molecule has 2 nitrogen and oxygen atoms in total. The molecule has 0 unspecified atom stereocenters. The molecule has 0 atom stereocenters. The maximum Gasteiger partial charge on any atom is 0.0340 e. The van der Waals surface area contributed by atoms with Crippen molar-refractivity contribution in [1.82, 2.24) is 0 Å². The van der Waals surface area contributed by atoms with Crippen molar-refractivity contribution in [2.45, 2.75) is 38.6 Å². The van der Waals surface area contributed by atoms with E-state index in [2.05, 4.69) is 29.6 Å². The van der Waals surface area contributed by atoms with Gasteiger partial charge in [-0.25, -0.2) is 0 Å². The lowest BCUT2D eigenvalue weighted by molar-refractivity contribution is 0.373. The summed E-state index contributed by atoms with van der Waals surface area (Å²) in [5.41, 5.74) is 7.99. The summed E-state index contributed by atoms with van der Waals surface area (Å²) in [4.78, 5) is 0. The Hall–Kier alpha value is -1.02. The zero-order valence-corrected chi connectivity index (χ0v) is 9.91. The highest BCUT2D eigenvalue weighted by Crippen LogP contribution is 2.23. The van der Waals surface area contributed by atoms with Crippen LogP contribution in [0.25, 0.3) is 0 Å². The van der Waals surface area contributed by atoms with E-state index in [1.165, 1.54) is 43.4 Å². The van der Waals surface area contributed by atoms with Crippen LogP contribution in [0.1, 0.15) is 37.7 Å². The Balaban J connectivity index is 1.79. The fourth-order valence-electron chi connectivity index (χ4n) is 2.41. The molecule has 2 heteroatoms. The average Bonchev–Trinajstić information content (AvgIpc) is 2.38. The second kappa shape index (κ2) is 5.90. The first-order valence-electron chi connectivity index (χ1n) is 6.41. The molecule has 1 aliphatic carbocycles. The molecule has 1 aromatic rings. The largest absolute Gasteiger partial charge is 0.385 e. The van der Waals surface area contributed by atoms with Gasteiger partial charge in [0, 0.05) is 18.8 Å². The number of rotatable bonds is 4. The fourth-order valence-corrected chi connectivity index (χ4v) is 2.41. The van der Waals surface area contributed by atoms with Gasteiger partial charge in [-0.3, -0.25) is 0 Å². The number of nitrogens with two attached hydrogens (primary N) is 1. The number of nitrogens with one attached hydrogen (secondary N) is 1. The SMILES string of the molecule is NCc1ccc(NCC2CCCCC2)cc1. The molecule has 1 aliphatic rings. The first kappa shape index (κ1) is 11.5. The van der Waals surface area contributed by atoms with Crippen LogP contribution in [0.15, 0.2) is 24.3 Å². The summed E-state index contributed by atoms with van der Waals surface area (Å²) < 4.78 is 0. The summed E-state index contributed by atoms with van der Waals surface area (Å²) >= 11 is 0. The second-order valence-electron chi connectivity index (χ2n) is 4.79. The van der Waals surface area contributed by atoms with Gasteiger partial charge >= 0.3 is 0 Å². The monoisotopic (exact) mass is 218 g/mol. The topological polar surface area (TPSA) is 38.0 Å². The smallest absolute Gasteiger partial charge is 0.0340 e. The maximum atomic E-state index is 5.57. The van der Waals surface area contributed by atoms with Gasteiger partial charge in [0.15, 0.2) is 0 Å². The molecule has 2 rings (SSSR count). The van der Waals surface area contributed by atoms with Crippen molar-refractivity contribution in [2.24, 2.45) is 11.7 Å². The van der Waals surface area contributed by atoms with E-state index in [0.29, 0.717) is 6.54 Å². The van der Waals surface area contributed by atoms with Crippen molar-refractivity contribution in [2.75, 3.05) is 11.9 Å². The summed E-state index contributed by atoms with van der Waals surface area (Å²) in [6, 6.07) is 8.46. The van der Waals surface area contributed by atoms with Gasteiger partial charge in [-0.2, -0.15) is 0 Å². The van der Waals surface area contributed by atoms with Crippen molar-refractivity contribution in [3.8, 4) is 0 Å². The summed E-state index contributed by atoms with van der Waals surface area (Å²) in [7, 11) is 0. The summed E-state index contributed by atoms with van der Waals surface area (Å²) in [6.45, 7) is 1.75. The van der Waals surface area contributed by atoms with Crippen LogP contribution < -0.4 is 11.1 Å². The first-order chi connectivity index (χ1) is 7.88. The van der Waals surface area contributed by atoms with E-state index in [4.69, 9.17) is 5.73 Å². The lowest BCUT2D eigenvalue weighted by Gasteiger charge is -2.22. The highest BCUT2D eigenvalue weighted by Gasteiger charge is 2.12. The van der Waals surface area contributed by atoms with Crippen LogP contribution in [-0.2, 0) is 6.54 Å². The number of hydrogen-bond donors (Lipinski definition) is 2. The molecule has 1 saturated carbocycles. The predicted octanol–water partition coefficient (Wildman–Crippen LogP) is 3.14. The molecule has 88 valence electrons. The molecule has 3 N–H and O–H groups in total. The zero-order chi connectivity index (χ0) is 11.2. The van der Waals surface area contributed by atoms with Gasteiger partial charge in [0.1, 0.15) is 0 Å². The minimum Gasteiger partial charge on any atom is -0.385 e. The van der Waals surface area contributed by atoms with Gasteiger partial charge in [-0.05, 0) is 36.5 Å². The van der Waals surface area contributed by atoms with Crippen LogP contribution in [0.3, 0.4) is 0 Å². The summed E-state index contributed by atoms with van der Waals surface area (Å²) in [5.74, 6) is 0.878.